The minimum absolute atomic E-state index is 0.611. The molecule has 15 heavy (non-hydrogen) atoms. The summed E-state index contributed by atoms with van der Waals surface area (Å²) in [7, 11) is 0. The first-order valence-corrected chi connectivity index (χ1v) is 5.85. The molecule has 2 rings (SSSR count). The second kappa shape index (κ2) is 4.62. The SMILES string of the molecule is CCc1ccc(NC(=S)NC2CC2)cc1. The Morgan fingerprint density at radius 2 is 2.00 bits per heavy atom. The number of anilines is 1. The maximum Gasteiger partial charge on any atom is 0.170 e. The van der Waals surface area contributed by atoms with Gasteiger partial charge in [0.1, 0.15) is 0 Å². The molecular weight excluding hydrogens is 204 g/mol. The highest BCUT2D eigenvalue weighted by molar-refractivity contribution is 7.80. The zero-order valence-electron chi connectivity index (χ0n) is 8.92. The fraction of sp³-hybridized carbons (Fsp3) is 0.417. The highest BCUT2D eigenvalue weighted by Gasteiger charge is 2.21. The molecule has 0 heterocycles. The Labute approximate surface area is 96.1 Å². The van der Waals surface area contributed by atoms with Crippen LogP contribution in [0.5, 0.6) is 0 Å². The fourth-order valence-electron chi connectivity index (χ4n) is 1.40. The van der Waals surface area contributed by atoms with E-state index in [2.05, 4.69) is 41.8 Å². The molecule has 0 amide bonds. The maximum absolute atomic E-state index is 5.19. The predicted octanol–water partition coefficient (Wildman–Crippen LogP) is 2.70. The first-order valence-electron chi connectivity index (χ1n) is 5.44. The zero-order chi connectivity index (χ0) is 10.7. The Morgan fingerprint density at radius 3 is 2.53 bits per heavy atom. The van der Waals surface area contributed by atoms with Crippen molar-refractivity contribution < 1.29 is 0 Å². The van der Waals surface area contributed by atoms with Gasteiger partial charge >= 0.3 is 0 Å². The third-order valence-corrected chi connectivity index (χ3v) is 2.75. The summed E-state index contributed by atoms with van der Waals surface area (Å²) in [6.45, 7) is 2.15. The summed E-state index contributed by atoms with van der Waals surface area (Å²) in [5.74, 6) is 0. The van der Waals surface area contributed by atoms with Crippen molar-refractivity contribution in [1.82, 2.24) is 5.32 Å². The largest absolute Gasteiger partial charge is 0.360 e. The van der Waals surface area contributed by atoms with Gasteiger partial charge in [-0.1, -0.05) is 19.1 Å². The van der Waals surface area contributed by atoms with Gasteiger partial charge in [0, 0.05) is 11.7 Å². The molecule has 0 aliphatic heterocycles. The van der Waals surface area contributed by atoms with Gasteiger partial charge in [-0.05, 0) is 49.2 Å². The van der Waals surface area contributed by atoms with Gasteiger partial charge in [0.25, 0.3) is 0 Å². The lowest BCUT2D eigenvalue weighted by Crippen LogP contribution is -2.30. The van der Waals surface area contributed by atoms with E-state index in [0.29, 0.717) is 6.04 Å². The van der Waals surface area contributed by atoms with Gasteiger partial charge in [-0.3, -0.25) is 0 Å². The lowest BCUT2D eigenvalue weighted by molar-refractivity contribution is 0.919. The van der Waals surface area contributed by atoms with E-state index in [1.165, 1.54) is 18.4 Å². The molecule has 0 saturated heterocycles. The molecule has 0 atom stereocenters. The topological polar surface area (TPSA) is 24.1 Å². The standard InChI is InChI=1S/C12H16N2S/c1-2-9-3-5-10(6-4-9)13-12(15)14-11-7-8-11/h3-6,11H,2,7-8H2,1H3,(H2,13,14,15). The van der Waals surface area contributed by atoms with Gasteiger partial charge in [-0.2, -0.15) is 0 Å². The van der Waals surface area contributed by atoms with Crippen LogP contribution < -0.4 is 10.6 Å². The monoisotopic (exact) mass is 220 g/mol. The summed E-state index contributed by atoms with van der Waals surface area (Å²) in [6, 6.07) is 9.00. The van der Waals surface area contributed by atoms with Crippen LogP contribution in [-0.2, 0) is 6.42 Å². The van der Waals surface area contributed by atoms with Gasteiger partial charge in [0.05, 0.1) is 0 Å². The first-order chi connectivity index (χ1) is 7.28. The quantitative estimate of drug-likeness (QED) is 0.766. The lowest BCUT2D eigenvalue weighted by atomic mass is 10.1. The second-order valence-corrected chi connectivity index (χ2v) is 4.33. The number of aryl methyl sites for hydroxylation is 1. The number of rotatable bonds is 3. The van der Waals surface area contributed by atoms with Crippen LogP contribution in [-0.4, -0.2) is 11.2 Å². The van der Waals surface area contributed by atoms with Crippen molar-refractivity contribution in [2.75, 3.05) is 5.32 Å². The van der Waals surface area contributed by atoms with E-state index < -0.39 is 0 Å². The molecule has 3 heteroatoms. The van der Waals surface area contributed by atoms with Gasteiger partial charge in [-0.25, -0.2) is 0 Å². The Kier molecular flexibility index (Phi) is 3.21. The molecule has 2 N–H and O–H groups in total. The molecular formula is C12H16N2S. The number of nitrogens with one attached hydrogen (secondary N) is 2. The molecule has 2 nitrogen and oxygen atoms in total. The third-order valence-electron chi connectivity index (χ3n) is 2.53. The smallest absolute Gasteiger partial charge is 0.170 e. The van der Waals surface area contributed by atoms with Crippen LogP contribution in [0, 0.1) is 0 Å². The average Bonchev–Trinajstić information content (AvgIpc) is 3.03. The van der Waals surface area contributed by atoms with Crippen molar-refractivity contribution in [3.05, 3.63) is 29.8 Å². The van der Waals surface area contributed by atoms with Gasteiger partial charge in [0.2, 0.25) is 0 Å². The molecule has 0 bridgehead atoms. The van der Waals surface area contributed by atoms with Crippen LogP contribution in [0.3, 0.4) is 0 Å². The molecule has 0 unspecified atom stereocenters. The summed E-state index contributed by atoms with van der Waals surface area (Å²) in [6.07, 6.45) is 3.57. The Balaban J connectivity index is 1.88. The van der Waals surface area contributed by atoms with Crippen LogP contribution in [0.15, 0.2) is 24.3 Å². The van der Waals surface area contributed by atoms with E-state index in [4.69, 9.17) is 12.2 Å². The molecule has 1 fully saturated rings. The zero-order valence-corrected chi connectivity index (χ0v) is 9.73. The Morgan fingerprint density at radius 1 is 1.33 bits per heavy atom. The first kappa shape index (κ1) is 10.4. The average molecular weight is 220 g/mol. The van der Waals surface area contributed by atoms with Gasteiger partial charge < -0.3 is 10.6 Å². The summed E-state index contributed by atoms with van der Waals surface area (Å²) in [5.41, 5.74) is 2.41. The summed E-state index contributed by atoms with van der Waals surface area (Å²) in [4.78, 5) is 0. The summed E-state index contributed by atoms with van der Waals surface area (Å²) >= 11 is 5.19. The Bertz CT molecular complexity index is 341. The van der Waals surface area contributed by atoms with Crippen molar-refractivity contribution in [2.24, 2.45) is 0 Å². The van der Waals surface area contributed by atoms with Crippen LogP contribution in [0.25, 0.3) is 0 Å². The van der Waals surface area contributed by atoms with E-state index in [9.17, 15) is 0 Å². The Hall–Kier alpha value is -1.09. The van der Waals surface area contributed by atoms with Crippen LogP contribution in [0.4, 0.5) is 5.69 Å². The minimum atomic E-state index is 0.611. The number of thiocarbonyl (C=S) groups is 1. The fourth-order valence-corrected chi connectivity index (χ4v) is 1.69. The molecule has 1 aliphatic carbocycles. The summed E-state index contributed by atoms with van der Waals surface area (Å²) in [5, 5.41) is 7.17. The lowest BCUT2D eigenvalue weighted by Gasteiger charge is -2.09. The molecule has 0 spiro atoms. The highest BCUT2D eigenvalue weighted by Crippen LogP contribution is 2.19. The maximum atomic E-state index is 5.19. The van der Waals surface area contributed by atoms with Crippen LogP contribution >= 0.6 is 12.2 Å². The normalized spacial score (nSPS) is 14.7. The van der Waals surface area contributed by atoms with Crippen molar-refractivity contribution in [3.8, 4) is 0 Å². The van der Waals surface area contributed by atoms with E-state index in [1.54, 1.807) is 0 Å². The second-order valence-electron chi connectivity index (χ2n) is 3.92. The van der Waals surface area contributed by atoms with Crippen LogP contribution in [0.1, 0.15) is 25.3 Å². The van der Waals surface area contributed by atoms with Gasteiger partial charge in [0.15, 0.2) is 5.11 Å². The van der Waals surface area contributed by atoms with Crippen molar-refractivity contribution in [3.63, 3.8) is 0 Å². The molecule has 1 aliphatic rings. The highest BCUT2D eigenvalue weighted by atomic mass is 32.1. The third kappa shape index (κ3) is 3.20. The minimum Gasteiger partial charge on any atom is -0.360 e. The predicted molar refractivity (Wildman–Crippen MR) is 68.2 cm³/mol. The molecule has 0 radical (unpaired) electrons. The van der Waals surface area contributed by atoms with E-state index >= 15 is 0 Å². The molecule has 80 valence electrons. The van der Waals surface area contributed by atoms with Crippen molar-refractivity contribution in [1.29, 1.82) is 0 Å². The number of hydrogen-bond acceptors (Lipinski definition) is 1. The van der Waals surface area contributed by atoms with E-state index in [1.807, 2.05) is 0 Å². The number of hydrogen-bond donors (Lipinski definition) is 2. The molecule has 0 aromatic heterocycles. The molecule has 1 aromatic rings. The van der Waals surface area contributed by atoms with Gasteiger partial charge in [-0.15, -0.1) is 0 Å². The summed E-state index contributed by atoms with van der Waals surface area (Å²) < 4.78 is 0. The number of benzene rings is 1. The molecule has 1 saturated carbocycles. The van der Waals surface area contributed by atoms with E-state index in [-0.39, 0.29) is 0 Å². The molecule has 1 aromatic carbocycles. The van der Waals surface area contributed by atoms with Crippen molar-refractivity contribution in [2.45, 2.75) is 32.2 Å². The van der Waals surface area contributed by atoms with E-state index in [0.717, 1.165) is 17.2 Å². The van der Waals surface area contributed by atoms with Crippen molar-refractivity contribution >= 4 is 23.0 Å². The van der Waals surface area contributed by atoms with Crippen LogP contribution in [0.2, 0.25) is 0 Å².